The van der Waals surface area contributed by atoms with Gasteiger partial charge in [-0.1, -0.05) is 11.6 Å². The van der Waals surface area contributed by atoms with Crippen molar-refractivity contribution in [2.75, 3.05) is 19.6 Å². The Morgan fingerprint density at radius 3 is 2.92 bits per heavy atom. The number of nitrogens with zero attached hydrogens (tertiary/aromatic N) is 4. The van der Waals surface area contributed by atoms with Crippen molar-refractivity contribution in [3.8, 4) is 0 Å². The minimum absolute atomic E-state index is 0.114. The number of aromatic nitrogens is 3. The highest BCUT2D eigenvalue weighted by atomic mass is 35.5. The molecule has 136 valence electrons. The quantitative estimate of drug-likeness (QED) is 0.871. The molecule has 0 unspecified atom stereocenters. The SMILES string of the molecule is CC(C)(C)N1CC[C@H](NC(=O)NCCc2cnc3c(Cl)cnn3c2)C1. The molecule has 7 nitrogen and oxygen atoms in total. The van der Waals surface area contributed by atoms with E-state index in [9.17, 15) is 4.79 Å². The minimum Gasteiger partial charge on any atom is -0.338 e. The summed E-state index contributed by atoms with van der Waals surface area (Å²) in [4.78, 5) is 18.8. The van der Waals surface area contributed by atoms with E-state index in [1.54, 1.807) is 16.9 Å². The number of nitrogens with one attached hydrogen (secondary N) is 2. The number of carbonyl (C=O) groups is 1. The van der Waals surface area contributed by atoms with Gasteiger partial charge in [0, 0.05) is 43.6 Å². The van der Waals surface area contributed by atoms with Crippen molar-refractivity contribution in [3.63, 3.8) is 0 Å². The van der Waals surface area contributed by atoms with Crippen molar-refractivity contribution < 1.29 is 4.79 Å². The number of amides is 2. The number of hydrogen-bond donors (Lipinski definition) is 2. The Bertz CT molecular complexity index is 753. The maximum absolute atomic E-state index is 12.1. The maximum atomic E-state index is 12.1. The summed E-state index contributed by atoms with van der Waals surface area (Å²) in [6.07, 6.45) is 6.90. The molecule has 0 aliphatic carbocycles. The fourth-order valence-corrected chi connectivity index (χ4v) is 3.24. The van der Waals surface area contributed by atoms with Crippen LogP contribution in [0.4, 0.5) is 4.79 Å². The zero-order chi connectivity index (χ0) is 18.0. The van der Waals surface area contributed by atoms with Gasteiger partial charge in [-0.05, 0) is 39.2 Å². The third kappa shape index (κ3) is 4.41. The van der Waals surface area contributed by atoms with Crippen molar-refractivity contribution in [3.05, 3.63) is 29.2 Å². The minimum atomic E-state index is -0.114. The molecule has 3 heterocycles. The van der Waals surface area contributed by atoms with Crippen LogP contribution in [0.25, 0.3) is 5.65 Å². The zero-order valence-corrected chi connectivity index (χ0v) is 15.7. The molecule has 1 saturated heterocycles. The summed E-state index contributed by atoms with van der Waals surface area (Å²) >= 11 is 5.98. The van der Waals surface area contributed by atoms with Gasteiger partial charge in [0.15, 0.2) is 5.65 Å². The predicted octanol–water partition coefficient (Wildman–Crippen LogP) is 2.10. The lowest BCUT2D eigenvalue weighted by molar-refractivity contribution is 0.170. The third-order valence-electron chi connectivity index (χ3n) is 4.54. The Morgan fingerprint density at radius 1 is 1.40 bits per heavy atom. The standard InChI is InChI=1S/C17H25ClN6O/c1-17(2,3)23-7-5-13(11-23)22-16(25)19-6-4-12-8-20-15-14(18)9-21-24(15)10-12/h8-10,13H,4-7,11H2,1-3H3,(H2,19,22,25)/t13-/m0/s1. The van der Waals surface area contributed by atoms with Gasteiger partial charge in [-0.15, -0.1) is 0 Å². The molecule has 2 amide bonds. The number of rotatable bonds is 4. The number of fused-ring (bicyclic) bond motifs is 1. The van der Waals surface area contributed by atoms with Crippen molar-refractivity contribution in [2.24, 2.45) is 0 Å². The third-order valence-corrected chi connectivity index (χ3v) is 4.80. The van der Waals surface area contributed by atoms with Gasteiger partial charge < -0.3 is 10.6 Å². The molecule has 2 aromatic rings. The molecule has 0 aromatic carbocycles. The summed E-state index contributed by atoms with van der Waals surface area (Å²) < 4.78 is 1.65. The number of hydrogen-bond acceptors (Lipinski definition) is 4. The Labute approximate surface area is 152 Å². The average molecular weight is 365 g/mol. The molecular formula is C17H25ClN6O. The number of urea groups is 1. The van der Waals surface area contributed by atoms with E-state index < -0.39 is 0 Å². The van der Waals surface area contributed by atoms with E-state index in [2.05, 4.69) is 46.4 Å². The molecular weight excluding hydrogens is 340 g/mol. The zero-order valence-electron chi connectivity index (χ0n) is 14.9. The van der Waals surface area contributed by atoms with Crippen LogP contribution in [0.1, 0.15) is 32.8 Å². The second kappa shape index (κ2) is 7.17. The van der Waals surface area contributed by atoms with Crippen LogP contribution in [0.2, 0.25) is 5.02 Å². The molecule has 0 radical (unpaired) electrons. The first kappa shape index (κ1) is 17.9. The lowest BCUT2D eigenvalue weighted by atomic mass is 10.1. The van der Waals surface area contributed by atoms with Gasteiger partial charge in [0.05, 0.1) is 6.20 Å². The van der Waals surface area contributed by atoms with E-state index >= 15 is 0 Å². The number of halogens is 1. The lowest BCUT2D eigenvalue weighted by Crippen LogP contribution is -2.46. The second-order valence-corrected chi connectivity index (χ2v) is 7.88. The molecule has 1 aliphatic rings. The predicted molar refractivity (Wildman–Crippen MR) is 98.0 cm³/mol. The summed E-state index contributed by atoms with van der Waals surface area (Å²) in [5.41, 5.74) is 1.78. The Balaban J connectivity index is 1.43. The Kier molecular flexibility index (Phi) is 5.15. The molecule has 1 fully saturated rings. The normalized spacial score (nSPS) is 18.6. The van der Waals surface area contributed by atoms with E-state index in [4.69, 9.17) is 11.6 Å². The summed E-state index contributed by atoms with van der Waals surface area (Å²) in [5, 5.41) is 10.6. The van der Waals surface area contributed by atoms with Crippen molar-refractivity contribution in [1.82, 2.24) is 30.1 Å². The van der Waals surface area contributed by atoms with Crippen LogP contribution in [-0.2, 0) is 6.42 Å². The van der Waals surface area contributed by atoms with Crippen LogP contribution >= 0.6 is 11.6 Å². The summed E-state index contributed by atoms with van der Waals surface area (Å²) in [5.74, 6) is 0. The molecule has 1 aliphatic heterocycles. The van der Waals surface area contributed by atoms with Crippen LogP contribution < -0.4 is 10.6 Å². The molecule has 2 aromatic heterocycles. The van der Waals surface area contributed by atoms with Gasteiger partial charge in [-0.2, -0.15) is 5.10 Å². The highest BCUT2D eigenvalue weighted by Gasteiger charge is 2.30. The van der Waals surface area contributed by atoms with Gasteiger partial charge in [-0.25, -0.2) is 14.3 Å². The van der Waals surface area contributed by atoms with Crippen LogP contribution in [0.15, 0.2) is 18.6 Å². The van der Waals surface area contributed by atoms with E-state index in [-0.39, 0.29) is 17.6 Å². The first-order valence-corrected chi connectivity index (χ1v) is 8.98. The molecule has 1 atom stereocenters. The largest absolute Gasteiger partial charge is 0.338 e. The first-order valence-electron chi connectivity index (χ1n) is 8.60. The van der Waals surface area contributed by atoms with Gasteiger partial charge in [0.2, 0.25) is 0 Å². The van der Waals surface area contributed by atoms with Gasteiger partial charge >= 0.3 is 6.03 Å². The van der Waals surface area contributed by atoms with Crippen LogP contribution in [0.5, 0.6) is 0 Å². The second-order valence-electron chi connectivity index (χ2n) is 7.48. The lowest BCUT2D eigenvalue weighted by Gasteiger charge is -2.31. The highest BCUT2D eigenvalue weighted by molar-refractivity contribution is 6.33. The summed E-state index contributed by atoms with van der Waals surface area (Å²) in [7, 11) is 0. The van der Waals surface area contributed by atoms with E-state index in [1.807, 2.05) is 6.20 Å². The van der Waals surface area contributed by atoms with Crippen LogP contribution in [-0.4, -0.2) is 56.7 Å². The molecule has 2 N–H and O–H groups in total. The van der Waals surface area contributed by atoms with Crippen molar-refractivity contribution in [2.45, 2.75) is 45.2 Å². The molecule has 0 saturated carbocycles. The molecule has 0 bridgehead atoms. The van der Waals surface area contributed by atoms with E-state index in [1.165, 1.54) is 0 Å². The van der Waals surface area contributed by atoms with Crippen LogP contribution in [0, 0.1) is 0 Å². The van der Waals surface area contributed by atoms with E-state index in [0.29, 0.717) is 23.6 Å². The molecule has 8 heteroatoms. The van der Waals surface area contributed by atoms with Crippen molar-refractivity contribution >= 4 is 23.3 Å². The summed E-state index contributed by atoms with van der Waals surface area (Å²) in [6.45, 7) is 9.07. The topological polar surface area (TPSA) is 74.6 Å². The average Bonchev–Trinajstić information content (AvgIpc) is 3.14. The van der Waals surface area contributed by atoms with E-state index in [0.717, 1.165) is 25.1 Å². The van der Waals surface area contributed by atoms with Crippen molar-refractivity contribution in [1.29, 1.82) is 0 Å². The Hall–Kier alpha value is -1.86. The molecule has 3 rings (SSSR count). The Morgan fingerprint density at radius 2 is 2.20 bits per heavy atom. The number of carbonyl (C=O) groups excluding carboxylic acids is 1. The van der Waals surface area contributed by atoms with Gasteiger partial charge in [0.1, 0.15) is 5.02 Å². The van der Waals surface area contributed by atoms with Crippen LogP contribution in [0.3, 0.4) is 0 Å². The monoisotopic (exact) mass is 364 g/mol. The fourth-order valence-electron chi connectivity index (χ4n) is 3.06. The fraction of sp³-hybridized carbons (Fsp3) is 0.588. The smallest absolute Gasteiger partial charge is 0.315 e. The maximum Gasteiger partial charge on any atom is 0.315 e. The number of likely N-dealkylation sites (tertiary alicyclic amines) is 1. The summed E-state index contributed by atoms with van der Waals surface area (Å²) in [6, 6.07) is 0.0976. The molecule has 0 spiro atoms. The van der Waals surface area contributed by atoms with Gasteiger partial charge in [0.25, 0.3) is 0 Å². The molecule has 25 heavy (non-hydrogen) atoms. The van der Waals surface area contributed by atoms with Gasteiger partial charge in [-0.3, -0.25) is 4.90 Å². The first-order chi connectivity index (χ1) is 11.8. The highest BCUT2D eigenvalue weighted by Crippen LogP contribution is 2.20.